The highest BCUT2D eigenvalue weighted by atomic mass is 16.5. The van der Waals surface area contributed by atoms with Crippen LogP contribution in [0.5, 0.6) is 11.6 Å². The summed E-state index contributed by atoms with van der Waals surface area (Å²) >= 11 is 0. The van der Waals surface area contributed by atoms with Crippen LogP contribution in [0.1, 0.15) is 27.2 Å². The Morgan fingerprint density at radius 3 is 2.74 bits per heavy atom. The van der Waals surface area contributed by atoms with Gasteiger partial charge in [0.25, 0.3) is 5.91 Å². The van der Waals surface area contributed by atoms with E-state index in [4.69, 9.17) is 9.39 Å². The molecule has 1 amide bonds. The second kappa shape index (κ2) is 9.26. The third-order valence-electron chi connectivity index (χ3n) is 5.15. The van der Waals surface area contributed by atoms with E-state index in [1.807, 2.05) is 43.3 Å². The van der Waals surface area contributed by atoms with Crippen LogP contribution in [0.25, 0.3) is 0 Å². The van der Waals surface area contributed by atoms with Crippen LogP contribution in [0.4, 0.5) is 0 Å². The van der Waals surface area contributed by atoms with Gasteiger partial charge in [0.1, 0.15) is 11.4 Å². The molecule has 9 heteroatoms. The van der Waals surface area contributed by atoms with E-state index in [1.165, 1.54) is 12.4 Å². The van der Waals surface area contributed by atoms with E-state index in [2.05, 4.69) is 15.3 Å². The van der Waals surface area contributed by atoms with Gasteiger partial charge in [0, 0.05) is 0 Å². The van der Waals surface area contributed by atoms with Gasteiger partial charge in [0.05, 0.1) is 31.6 Å². The lowest BCUT2D eigenvalue weighted by Gasteiger charge is -2.16. The zero-order valence-corrected chi connectivity index (χ0v) is 17.0. The fourth-order valence-electron chi connectivity index (χ4n) is 3.51. The van der Waals surface area contributed by atoms with E-state index in [1.54, 1.807) is 6.07 Å². The molecule has 0 spiro atoms. The van der Waals surface area contributed by atoms with E-state index >= 15 is 0 Å². The first-order valence-corrected chi connectivity index (χ1v) is 9.92. The molecular formula is C22H22BN3O5. The molecule has 2 heterocycles. The van der Waals surface area contributed by atoms with E-state index in [9.17, 15) is 14.9 Å². The normalized spacial score (nSPS) is 13.6. The maximum atomic E-state index is 12.5. The Kier molecular flexibility index (Phi) is 6.27. The third-order valence-corrected chi connectivity index (χ3v) is 5.15. The lowest BCUT2D eigenvalue weighted by molar-refractivity contribution is 0.0911. The number of aliphatic hydroxyl groups excluding tert-OH is 1. The van der Waals surface area contributed by atoms with Crippen molar-refractivity contribution in [2.75, 3.05) is 6.61 Å². The molecule has 1 aliphatic heterocycles. The molecule has 0 bridgehead atoms. The molecule has 2 aromatic carbocycles. The first-order chi connectivity index (χ1) is 15.0. The van der Waals surface area contributed by atoms with Gasteiger partial charge in [-0.25, -0.2) is 9.97 Å². The van der Waals surface area contributed by atoms with Gasteiger partial charge in [-0.05, 0) is 41.6 Å². The number of carbonyl (C=O) groups excluding carboxylic acids is 1. The summed E-state index contributed by atoms with van der Waals surface area (Å²) in [6.45, 7) is 2.01. The fraction of sp³-hybridized carbons (Fsp3) is 0.227. The number of amides is 1. The number of carbonyl (C=O) groups is 1. The molecule has 8 nitrogen and oxygen atoms in total. The highest BCUT2D eigenvalue weighted by molar-refractivity contribution is 6.62. The number of nitrogens with zero attached hydrogens (tertiary/aromatic N) is 2. The van der Waals surface area contributed by atoms with E-state index in [0.29, 0.717) is 24.2 Å². The molecule has 0 saturated heterocycles. The summed E-state index contributed by atoms with van der Waals surface area (Å²) < 4.78 is 11.0. The van der Waals surface area contributed by atoms with Crippen molar-refractivity contribution in [3.63, 3.8) is 0 Å². The molecule has 0 aliphatic carbocycles. The van der Waals surface area contributed by atoms with Crippen LogP contribution in [0.15, 0.2) is 54.9 Å². The van der Waals surface area contributed by atoms with Gasteiger partial charge in [0.15, 0.2) is 0 Å². The Morgan fingerprint density at radius 1 is 1.23 bits per heavy atom. The third kappa shape index (κ3) is 4.74. The Labute approximate surface area is 180 Å². The Balaban J connectivity index is 1.41. The molecule has 3 aromatic rings. The number of aliphatic hydroxyl groups is 1. The van der Waals surface area contributed by atoms with Gasteiger partial charge in [-0.3, -0.25) is 4.79 Å². The molecule has 31 heavy (non-hydrogen) atoms. The van der Waals surface area contributed by atoms with E-state index in [-0.39, 0.29) is 18.2 Å². The number of aromatic nitrogens is 2. The smallest absolute Gasteiger partial charge is 0.437 e. The van der Waals surface area contributed by atoms with Crippen molar-refractivity contribution < 1.29 is 24.3 Å². The van der Waals surface area contributed by atoms with Crippen molar-refractivity contribution in [1.82, 2.24) is 15.3 Å². The summed E-state index contributed by atoms with van der Waals surface area (Å²) in [4.78, 5) is 20.8. The number of nitrogens with one attached hydrogen (secondary N) is 1. The van der Waals surface area contributed by atoms with Crippen LogP contribution in [-0.4, -0.2) is 45.8 Å². The van der Waals surface area contributed by atoms with Gasteiger partial charge >= 0.3 is 7.12 Å². The maximum Gasteiger partial charge on any atom is 0.492 e. The number of ether oxygens (including phenoxy) is 1. The average molecular weight is 419 g/mol. The maximum absolute atomic E-state index is 12.5. The number of benzene rings is 2. The zero-order valence-electron chi connectivity index (χ0n) is 17.0. The lowest BCUT2D eigenvalue weighted by Crippen LogP contribution is -2.39. The van der Waals surface area contributed by atoms with Crippen LogP contribution < -0.4 is 15.5 Å². The molecule has 4 rings (SSSR count). The topological polar surface area (TPSA) is 114 Å². The van der Waals surface area contributed by atoms with E-state index in [0.717, 1.165) is 16.7 Å². The second-order valence-corrected chi connectivity index (χ2v) is 7.31. The monoisotopic (exact) mass is 419 g/mol. The van der Waals surface area contributed by atoms with Gasteiger partial charge < -0.3 is 24.8 Å². The van der Waals surface area contributed by atoms with Crippen LogP contribution >= 0.6 is 0 Å². The minimum atomic E-state index is -0.967. The highest BCUT2D eigenvalue weighted by Gasteiger charge is 2.30. The molecule has 1 unspecified atom stereocenters. The summed E-state index contributed by atoms with van der Waals surface area (Å²) in [6.07, 6.45) is 3.19. The quantitative estimate of drug-likeness (QED) is 0.492. The number of fused-ring (bicyclic) bond motifs is 1. The minimum absolute atomic E-state index is 0.119. The standard InChI is InChI=1S/C22H22BN3O5/c1-14-19(8-7-16-13-30-23(29)21(14)16)31-20-11-24-18(10-25-20)22(28)26-17(12-27)9-15-5-3-2-4-6-15/h2-8,10-11,17,27,29H,9,12-13H2,1H3,(H,26,28). The SMILES string of the molecule is Cc1c(Oc2cnc(C(=O)NC(CO)Cc3ccccc3)cn2)ccc2c1B(O)OC2. The minimum Gasteiger partial charge on any atom is -0.437 e. The summed E-state index contributed by atoms with van der Waals surface area (Å²) in [6, 6.07) is 12.8. The molecule has 3 N–H and O–H groups in total. The summed E-state index contributed by atoms with van der Waals surface area (Å²) in [5.41, 5.74) is 3.52. The van der Waals surface area contributed by atoms with Crippen LogP contribution in [-0.2, 0) is 17.7 Å². The molecule has 0 radical (unpaired) electrons. The van der Waals surface area contributed by atoms with Crippen molar-refractivity contribution in [2.24, 2.45) is 0 Å². The second-order valence-electron chi connectivity index (χ2n) is 7.31. The molecule has 0 saturated carbocycles. The number of hydrogen-bond acceptors (Lipinski definition) is 7. The Hall–Kier alpha value is -3.27. The average Bonchev–Trinajstić information content (AvgIpc) is 3.17. The van der Waals surface area contributed by atoms with Crippen molar-refractivity contribution in [2.45, 2.75) is 26.0 Å². The zero-order chi connectivity index (χ0) is 21.8. The van der Waals surface area contributed by atoms with Crippen molar-refractivity contribution >= 4 is 18.5 Å². The Morgan fingerprint density at radius 2 is 2.03 bits per heavy atom. The van der Waals surface area contributed by atoms with Crippen molar-refractivity contribution in [3.05, 3.63) is 77.2 Å². The van der Waals surface area contributed by atoms with Gasteiger partial charge in [-0.2, -0.15) is 0 Å². The van der Waals surface area contributed by atoms with Gasteiger partial charge in [-0.1, -0.05) is 36.4 Å². The molecule has 1 aliphatic rings. The van der Waals surface area contributed by atoms with Crippen LogP contribution in [0, 0.1) is 6.92 Å². The van der Waals surface area contributed by atoms with Gasteiger partial charge in [0.2, 0.25) is 5.88 Å². The molecule has 1 atom stereocenters. The highest BCUT2D eigenvalue weighted by Crippen LogP contribution is 2.25. The molecule has 158 valence electrons. The first kappa shape index (κ1) is 21.0. The summed E-state index contributed by atoms with van der Waals surface area (Å²) in [7, 11) is -0.967. The molecular weight excluding hydrogens is 397 g/mol. The van der Waals surface area contributed by atoms with Crippen molar-refractivity contribution in [3.8, 4) is 11.6 Å². The predicted octanol–water partition coefficient (Wildman–Crippen LogP) is 1.13. The van der Waals surface area contributed by atoms with Crippen LogP contribution in [0.2, 0.25) is 0 Å². The number of rotatable bonds is 7. The van der Waals surface area contributed by atoms with Gasteiger partial charge in [-0.15, -0.1) is 0 Å². The Bertz CT molecular complexity index is 1060. The molecule has 1 aromatic heterocycles. The lowest BCUT2D eigenvalue weighted by atomic mass is 9.76. The summed E-state index contributed by atoms with van der Waals surface area (Å²) in [5, 5.41) is 22.3. The predicted molar refractivity (Wildman–Crippen MR) is 114 cm³/mol. The van der Waals surface area contributed by atoms with Crippen molar-refractivity contribution in [1.29, 1.82) is 0 Å². The number of hydrogen-bond donors (Lipinski definition) is 3. The largest absolute Gasteiger partial charge is 0.492 e. The molecule has 0 fully saturated rings. The fourth-order valence-corrected chi connectivity index (χ4v) is 3.51. The first-order valence-electron chi connectivity index (χ1n) is 9.92. The van der Waals surface area contributed by atoms with Crippen LogP contribution in [0.3, 0.4) is 0 Å². The van der Waals surface area contributed by atoms with E-state index < -0.39 is 19.1 Å². The summed E-state index contributed by atoms with van der Waals surface area (Å²) in [5.74, 6) is 0.317.